The van der Waals surface area contributed by atoms with E-state index in [0.717, 1.165) is 55.2 Å². The van der Waals surface area contributed by atoms with Crippen LogP contribution in [0.5, 0.6) is 11.5 Å². The quantitative estimate of drug-likeness (QED) is 0.507. The van der Waals surface area contributed by atoms with Crippen LogP contribution in [0.25, 0.3) is 0 Å². The highest BCUT2D eigenvalue weighted by Crippen LogP contribution is 2.31. The van der Waals surface area contributed by atoms with Crippen LogP contribution in [0.1, 0.15) is 31.4 Å². The molecule has 1 atom stereocenters. The molecule has 6 heteroatoms. The lowest BCUT2D eigenvalue weighted by Gasteiger charge is -2.20. The third kappa shape index (κ3) is 5.17. The van der Waals surface area contributed by atoms with Crippen molar-refractivity contribution < 1.29 is 9.47 Å². The van der Waals surface area contributed by atoms with Gasteiger partial charge in [-0.2, -0.15) is 0 Å². The van der Waals surface area contributed by atoms with E-state index in [4.69, 9.17) is 15.2 Å². The Labute approximate surface area is 180 Å². The summed E-state index contributed by atoms with van der Waals surface area (Å²) >= 11 is 0. The van der Waals surface area contributed by atoms with E-state index >= 15 is 0 Å². The van der Waals surface area contributed by atoms with Crippen LogP contribution in [0, 0.1) is 5.92 Å². The van der Waals surface area contributed by atoms with Crippen molar-refractivity contribution in [3.8, 4) is 11.5 Å². The standard InChI is InChI=1S/C24H34N4O2/c1-5-18-8-7-9-19(6-2)23(18)27-24(25)26-15-17-10-11-28(16-17)20-12-21(29-3)14-22(13-20)30-4/h7-9,12-14,17H,5-6,10-11,15-16H2,1-4H3,(H3,25,26,27). The number of rotatable bonds is 8. The molecule has 1 fully saturated rings. The van der Waals surface area contributed by atoms with E-state index in [2.05, 4.69) is 59.4 Å². The number of para-hydroxylation sites is 1. The molecule has 0 saturated carbocycles. The van der Waals surface area contributed by atoms with E-state index in [1.165, 1.54) is 11.1 Å². The average molecular weight is 411 g/mol. The van der Waals surface area contributed by atoms with Crippen LogP contribution in [-0.2, 0) is 12.8 Å². The summed E-state index contributed by atoms with van der Waals surface area (Å²) in [7, 11) is 3.35. The minimum Gasteiger partial charge on any atom is -0.497 e. The van der Waals surface area contributed by atoms with E-state index in [1.807, 2.05) is 6.07 Å². The zero-order valence-corrected chi connectivity index (χ0v) is 18.6. The van der Waals surface area contributed by atoms with Crippen LogP contribution in [-0.4, -0.2) is 39.8 Å². The summed E-state index contributed by atoms with van der Waals surface area (Å²) in [6.45, 7) is 6.97. The van der Waals surface area contributed by atoms with Gasteiger partial charge in [-0.25, -0.2) is 0 Å². The number of hydrogen-bond acceptors (Lipinski definition) is 4. The number of aliphatic imine (C=N–C) groups is 1. The predicted octanol–water partition coefficient (Wildman–Crippen LogP) is 4.08. The summed E-state index contributed by atoms with van der Waals surface area (Å²) in [5.41, 5.74) is 11.0. The average Bonchev–Trinajstić information content (AvgIpc) is 3.26. The zero-order valence-electron chi connectivity index (χ0n) is 18.6. The Morgan fingerprint density at radius 3 is 2.30 bits per heavy atom. The fourth-order valence-corrected chi connectivity index (χ4v) is 3.99. The largest absolute Gasteiger partial charge is 0.497 e. The maximum atomic E-state index is 6.24. The second kappa shape index (κ2) is 10.2. The summed E-state index contributed by atoms with van der Waals surface area (Å²) < 4.78 is 10.8. The van der Waals surface area contributed by atoms with Gasteiger partial charge in [-0.3, -0.25) is 4.99 Å². The number of nitrogens with zero attached hydrogens (tertiary/aromatic N) is 2. The van der Waals surface area contributed by atoms with Gasteiger partial charge in [-0.05, 0) is 36.3 Å². The summed E-state index contributed by atoms with van der Waals surface area (Å²) in [5.74, 6) is 2.57. The van der Waals surface area contributed by atoms with Gasteiger partial charge in [0.2, 0.25) is 0 Å². The van der Waals surface area contributed by atoms with Crippen molar-refractivity contribution >= 4 is 17.3 Å². The smallest absolute Gasteiger partial charge is 0.193 e. The van der Waals surface area contributed by atoms with Gasteiger partial charge in [0.1, 0.15) is 11.5 Å². The maximum Gasteiger partial charge on any atom is 0.193 e. The lowest BCUT2D eigenvalue weighted by Crippen LogP contribution is -2.26. The number of hydrogen-bond donors (Lipinski definition) is 2. The number of benzene rings is 2. The zero-order chi connectivity index (χ0) is 21.5. The Bertz CT molecular complexity index is 837. The molecule has 2 aromatic carbocycles. The molecule has 3 N–H and O–H groups in total. The molecule has 1 aliphatic heterocycles. The van der Waals surface area contributed by atoms with Crippen molar-refractivity contribution in [1.29, 1.82) is 0 Å². The van der Waals surface area contributed by atoms with Crippen LogP contribution in [0.2, 0.25) is 0 Å². The highest BCUT2D eigenvalue weighted by Gasteiger charge is 2.23. The molecule has 6 nitrogen and oxygen atoms in total. The molecular formula is C24H34N4O2. The molecule has 0 radical (unpaired) electrons. The van der Waals surface area contributed by atoms with Gasteiger partial charge < -0.3 is 25.4 Å². The summed E-state index contributed by atoms with van der Waals surface area (Å²) in [5, 5.41) is 3.36. The Hall–Kier alpha value is -2.89. The van der Waals surface area contributed by atoms with Crippen molar-refractivity contribution in [2.24, 2.45) is 16.6 Å². The number of guanidine groups is 1. The number of nitrogens with two attached hydrogens (primary N) is 1. The molecular weight excluding hydrogens is 376 g/mol. The first kappa shape index (κ1) is 21.8. The van der Waals surface area contributed by atoms with Crippen LogP contribution in [0.3, 0.4) is 0 Å². The van der Waals surface area contributed by atoms with E-state index in [0.29, 0.717) is 18.4 Å². The van der Waals surface area contributed by atoms with E-state index < -0.39 is 0 Å². The highest BCUT2D eigenvalue weighted by molar-refractivity contribution is 5.93. The normalized spacial score (nSPS) is 16.6. The van der Waals surface area contributed by atoms with Gasteiger partial charge in [0, 0.05) is 49.2 Å². The second-order valence-corrected chi connectivity index (χ2v) is 7.68. The second-order valence-electron chi connectivity index (χ2n) is 7.68. The summed E-state index contributed by atoms with van der Waals surface area (Å²) in [6.07, 6.45) is 3.01. The maximum absolute atomic E-state index is 6.24. The molecule has 30 heavy (non-hydrogen) atoms. The molecule has 0 bridgehead atoms. The van der Waals surface area contributed by atoms with Crippen LogP contribution >= 0.6 is 0 Å². The summed E-state index contributed by atoms with van der Waals surface area (Å²) in [6, 6.07) is 12.4. The van der Waals surface area contributed by atoms with Gasteiger partial charge in [0.25, 0.3) is 0 Å². The third-order valence-electron chi connectivity index (χ3n) is 5.76. The number of anilines is 2. The van der Waals surface area contributed by atoms with Crippen molar-refractivity contribution in [2.45, 2.75) is 33.1 Å². The van der Waals surface area contributed by atoms with E-state index in [1.54, 1.807) is 14.2 Å². The Morgan fingerprint density at radius 2 is 1.73 bits per heavy atom. The summed E-state index contributed by atoms with van der Waals surface area (Å²) in [4.78, 5) is 7.01. The SMILES string of the molecule is CCc1cccc(CC)c1NC(N)=NCC1CCN(c2cc(OC)cc(OC)c2)C1. The predicted molar refractivity (Wildman–Crippen MR) is 125 cm³/mol. The van der Waals surface area contributed by atoms with Crippen molar-refractivity contribution in [1.82, 2.24) is 0 Å². The highest BCUT2D eigenvalue weighted by atomic mass is 16.5. The van der Waals surface area contributed by atoms with Gasteiger partial charge in [-0.1, -0.05) is 32.0 Å². The van der Waals surface area contributed by atoms with Crippen molar-refractivity contribution in [3.05, 3.63) is 47.5 Å². The molecule has 0 aromatic heterocycles. The molecule has 1 aliphatic rings. The fourth-order valence-electron chi connectivity index (χ4n) is 3.99. The first-order valence-electron chi connectivity index (χ1n) is 10.7. The molecule has 162 valence electrons. The molecule has 0 amide bonds. The Morgan fingerprint density at radius 1 is 1.10 bits per heavy atom. The van der Waals surface area contributed by atoms with Crippen LogP contribution in [0.15, 0.2) is 41.4 Å². The first-order valence-corrected chi connectivity index (χ1v) is 10.7. The van der Waals surface area contributed by atoms with E-state index in [9.17, 15) is 0 Å². The van der Waals surface area contributed by atoms with Crippen molar-refractivity contribution in [2.75, 3.05) is 44.1 Å². The monoisotopic (exact) mass is 410 g/mol. The molecule has 1 saturated heterocycles. The molecule has 1 unspecified atom stereocenters. The van der Waals surface area contributed by atoms with Gasteiger partial charge in [0.05, 0.1) is 14.2 Å². The van der Waals surface area contributed by atoms with Crippen LogP contribution in [0.4, 0.5) is 11.4 Å². The minimum absolute atomic E-state index is 0.467. The Kier molecular flexibility index (Phi) is 7.44. The van der Waals surface area contributed by atoms with Gasteiger partial charge in [0.15, 0.2) is 5.96 Å². The lowest BCUT2D eigenvalue weighted by atomic mass is 10.0. The van der Waals surface area contributed by atoms with Gasteiger partial charge >= 0.3 is 0 Å². The van der Waals surface area contributed by atoms with Crippen LogP contribution < -0.4 is 25.4 Å². The molecule has 0 spiro atoms. The minimum atomic E-state index is 0.467. The molecule has 1 heterocycles. The molecule has 0 aliphatic carbocycles. The number of ether oxygens (including phenoxy) is 2. The number of aryl methyl sites for hydroxylation is 2. The first-order chi connectivity index (χ1) is 14.6. The topological polar surface area (TPSA) is 72.1 Å². The number of nitrogens with one attached hydrogen (secondary N) is 1. The lowest BCUT2D eigenvalue weighted by molar-refractivity contribution is 0.394. The molecule has 2 aromatic rings. The van der Waals surface area contributed by atoms with E-state index in [-0.39, 0.29) is 0 Å². The van der Waals surface area contributed by atoms with Gasteiger partial charge in [-0.15, -0.1) is 0 Å². The fraction of sp³-hybridized carbons (Fsp3) is 0.458. The van der Waals surface area contributed by atoms with Crippen molar-refractivity contribution in [3.63, 3.8) is 0 Å². The third-order valence-corrected chi connectivity index (χ3v) is 5.76. The Balaban J connectivity index is 1.63. The molecule has 3 rings (SSSR count). The number of methoxy groups -OCH3 is 2.